The Hall–Kier alpha value is -3.27. The number of nitrogens with one attached hydrogen (secondary N) is 1. The van der Waals surface area contributed by atoms with Crippen LogP contribution in [-0.4, -0.2) is 28.0 Å². The molecule has 1 aromatic heterocycles. The number of thioether (sulfide) groups is 1. The summed E-state index contributed by atoms with van der Waals surface area (Å²) in [5.74, 6) is -0.519. The predicted octanol–water partition coefficient (Wildman–Crippen LogP) is 4.49. The molecule has 1 saturated heterocycles. The van der Waals surface area contributed by atoms with Gasteiger partial charge in [-0.1, -0.05) is 18.2 Å². The van der Waals surface area contributed by atoms with Gasteiger partial charge in [0.05, 0.1) is 23.1 Å². The molecule has 0 radical (unpaired) electrons. The van der Waals surface area contributed by atoms with E-state index in [0.29, 0.717) is 16.8 Å². The van der Waals surface area contributed by atoms with Gasteiger partial charge < -0.3 is 11.1 Å². The number of nitrogens with two attached hydrogens (primary N) is 1. The molecule has 160 valence electrons. The minimum Gasteiger partial charge on any atom is -0.397 e. The van der Waals surface area contributed by atoms with Crippen molar-refractivity contribution in [3.05, 3.63) is 60.3 Å². The third kappa shape index (κ3) is 4.02. The highest BCUT2D eigenvalue weighted by Crippen LogP contribution is 2.38. The van der Waals surface area contributed by atoms with Crippen LogP contribution in [0.4, 0.5) is 29.3 Å². The molecule has 2 aromatic carbocycles. The number of nitrogen functional groups attached to an aromatic ring is 1. The normalized spacial score (nSPS) is 19.2. The summed E-state index contributed by atoms with van der Waals surface area (Å²) < 4.78 is 37.6. The SMILES string of the molecule is CC1(Cc2c(N)cnc3ccccc23)NC(=O)N(c2ccc(SC(F)(F)F)cc2)C1=O. The summed E-state index contributed by atoms with van der Waals surface area (Å²) in [6, 6.07) is 11.7. The Labute approximate surface area is 179 Å². The van der Waals surface area contributed by atoms with E-state index < -0.39 is 23.0 Å². The second kappa shape index (κ2) is 7.45. The van der Waals surface area contributed by atoms with Crippen LogP contribution in [0.25, 0.3) is 10.9 Å². The molecule has 31 heavy (non-hydrogen) atoms. The van der Waals surface area contributed by atoms with Crippen molar-refractivity contribution >= 4 is 46.0 Å². The van der Waals surface area contributed by atoms with E-state index >= 15 is 0 Å². The van der Waals surface area contributed by atoms with E-state index in [1.54, 1.807) is 6.92 Å². The maximum Gasteiger partial charge on any atom is 0.446 e. The minimum absolute atomic E-state index is 0.0397. The number of pyridine rings is 1. The van der Waals surface area contributed by atoms with Gasteiger partial charge in [-0.15, -0.1) is 0 Å². The zero-order chi connectivity index (χ0) is 22.4. The van der Waals surface area contributed by atoms with Crippen LogP contribution < -0.4 is 16.0 Å². The standard InChI is InChI=1S/C21H17F3N4O2S/c1-20(10-15-14-4-2-3-5-17(14)26-11-16(15)25)18(29)28(19(30)27-20)12-6-8-13(9-7-12)31-21(22,23)24/h2-9,11H,10,25H2,1H3,(H,27,30). The lowest BCUT2D eigenvalue weighted by Gasteiger charge is -2.23. The minimum atomic E-state index is -4.42. The lowest BCUT2D eigenvalue weighted by Crippen LogP contribution is -2.46. The number of fused-ring (bicyclic) bond motifs is 1. The number of para-hydroxylation sites is 1. The van der Waals surface area contributed by atoms with Gasteiger partial charge in [0.1, 0.15) is 5.54 Å². The Morgan fingerprint density at radius 1 is 1.13 bits per heavy atom. The van der Waals surface area contributed by atoms with E-state index in [2.05, 4.69) is 10.3 Å². The Kier molecular flexibility index (Phi) is 5.04. The average Bonchev–Trinajstić information content (AvgIpc) is 2.92. The third-order valence-corrected chi connectivity index (χ3v) is 5.78. The second-order valence-electron chi connectivity index (χ2n) is 7.33. The molecule has 2 heterocycles. The first-order chi connectivity index (χ1) is 14.6. The lowest BCUT2D eigenvalue weighted by atomic mass is 9.90. The number of benzene rings is 2. The second-order valence-corrected chi connectivity index (χ2v) is 8.47. The van der Waals surface area contributed by atoms with Crippen molar-refractivity contribution in [3.63, 3.8) is 0 Å². The van der Waals surface area contributed by atoms with E-state index in [1.165, 1.54) is 30.5 Å². The van der Waals surface area contributed by atoms with E-state index in [0.717, 1.165) is 10.3 Å². The number of halogens is 3. The van der Waals surface area contributed by atoms with Crippen LogP contribution in [0, 0.1) is 0 Å². The number of alkyl halides is 3. The first-order valence-corrected chi connectivity index (χ1v) is 10.0. The van der Waals surface area contributed by atoms with Crippen molar-refractivity contribution in [1.82, 2.24) is 10.3 Å². The van der Waals surface area contributed by atoms with Crippen molar-refractivity contribution in [3.8, 4) is 0 Å². The molecule has 0 saturated carbocycles. The van der Waals surface area contributed by atoms with Crippen molar-refractivity contribution in [1.29, 1.82) is 0 Å². The van der Waals surface area contributed by atoms with Crippen LogP contribution in [0.2, 0.25) is 0 Å². The van der Waals surface area contributed by atoms with Gasteiger partial charge in [-0.2, -0.15) is 13.2 Å². The lowest BCUT2D eigenvalue weighted by molar-refractivity contribution is -0.121. The van der Waals surface area contributed by atoms with Crippen molar-refractivity contribution in [2.24, 2.45) is 0 Å². The molecule has 1 atom stereocenters. The molecule has 6 nitrogen and oxygen atoms in total. The quantitative estimate of drug-likeness (QED) is 0.456. The summed E-state index contributed by atoms with van der Waals surface area (Å²) in [6.07, 6.45) is 1.64. The van der Waals surface area contributed by atoms with Gasteiger partial charge >= 0.3 is 11.5 Å². The number of carbonyl (C=O) groups excluding carboxylic acids is 2. The van der Waals surface area contributed by atoms with Crippen LogP contribution in [0.15, 0.2) is 59.6 Å². The predicted molar refractivity (Wildman–Crippen MR) is 113 cm³/mol. The Morgan fingerprint density at radius 3 is 2.48 bits per heavy atom. The van der Waals surface area contributed by atoms with Crippen LogP contribution >= 0.6 is 11.8 Å². The van der Waals surface area contributed by atoms with Gasteiger partial charge in [-0.05, 0) is 54.6 Å². The van der Waals surface area contributed by atoms with Gasteiger partial charge in [0.15, 0.2) is 0 Å². The number of urea groups is 1. The molecule has 0 spiro atoms. The molecule has 1 aliphatic rings. The number of nitrogens with zero attached hydrogens (tertiary/aromatic N) is 2. The number of amides is 3. The van der Waals surface area contributed by atoms with Gasteiger partial charge in [0.25, 0.3) is 5.91 Å². The number of hydrogen-bond donors (Lipinski definition) is 2. The molecule has 0 bridgehead atoms. The topological polar surface area (TPSA) is 88.3 Å². The maximum absolute atomic E-state index is 13.2. The molecule has 10 heteroatoms. The largest absolute Gasteiger partial charge is 0.446 e. The highest BCUT2D eigenvalue weighted by Gasteiger charge is 2.49. The Balaban J connectivity index is 1.63. The van der Waals surface area contributed by atoms with Crippen LogP contribution in [-0.2, 0) is 11.2 Å². The molecular formula is C21H17F3N4O2S. The van der Waals surface area contributed by atoms with Crippen molar-refractivity contribution in [2.75, 3.05) is 10.6 Å². The molecule has 1 fully saturated rings. The number of rotatable bonds is 4. The summed E-state index contributed by atoms with van der Waals surface area (Å²) in [6.45, 7) is 1.59. The number of carbonyl (C=O) groups is 2. The molecule has 3 amide bonds. The monoisotopic (exact) mass is 446 g/mol. The van der Waals surface area contributed by atoms with Crippen LogP contribution in [0.1, 0.15) is 12.5 Å². The third-order valence-electron chi connectivity index (χ3n) is 5.04. The smallest absolute Gasteiger partial charge is 0.397 e. The van der Waals surface area contributed by atoms with Gasteiger partial charge in [0, 0.05) is 16.7 Å². The highest BCUT2D eigenvalue weighted by atomic mass is 32.2. The van der Waals surface area contributed by atoms with E-state index in [4.69, 9.17) is 5.73 Å². The first kappa shape index (κ1) is 21.0. The molecule has 3 N–H and O–H groups in total. The summed E-state index contributed by atoms with van der Waals surface area (Å²) in [7, 11) is 0. The number of anilines is 2. The highest BCUT2D eigenvalue weighted by molar-refractivity contribution is 8.00. The Morgan fingerprint density at radius 2 is 1.81 bits per heavy atom. The van der Waals surface area contributed by atoms with Gasteiger partial charge in [-0.25, -0.2) is 9.69 Å². The maximum atomic E-state index is 13.2. The molecule has 0 aliphatic carbocycles. The Bertz CT molecular complexity index is 1180. The average molecular weight is 446 g/mol. The van der Waals surface area contributed by atoms with Crippen molar-refractivity contribution in [2.45, 2.75) is 29.3 Å². The number of imide groups is 1. The number of hydrogen-bond acceptors (Lipinski definition) is 5. The van der Waals surface area contributed by atoms with Gasteiger partial charge in [0.2, 0.25) is 0 Å². The van der Waals surface area contributed by atoms with Crippen LogP contribution in [0.3, 0.4) is 0 Å². The van der Waals surface area contributed by atoms with E-state index in [-0.39, 0.29) is 28.8 Å². The molecule has 4 rings (SSSR count). The van der Waals surface area contributed by atoms with E-state index in [1.807, 2.05) is 24.3 Å². The molecule has 1 aliphatic heterocycles. The first-order valence-electron chi connectivity index (χ1n) is 9.22. The molecular weight excluding hydrogens is 429 g/mol. The van der Waals surface area contributed by atoms with E-state index in [9.17, 15) is 22.8 Å². The summed E-state index contributed by atoms with van der Waals surface area (Å²) in [4.78, 5) is 31.0. The summed E-state index contributed by atoms with van der Waals surface area (Å²) in [5.41, 5.74) is 2.39. The zero-order valence-electron chi connectivity index (χ0n) is 16.2. The summed E-state index contributed by atoms with van der Waals surface area (Å²) >= 11 is -0.266. The zero-order valence-corrected chi connectivity index (χ0v) is 17.1. The van der Waals surface area contributed by atoms with Gasteiger partial charge in [-0.3, -0.25) is 9.78 Å². The fraction of sp³-hybridized carbons (Fsp3) is 0.190. The van der Waals surface area contributed by atoms with Crippen LogP contribution in [0.5, 0.6) is 0 Å². The fourth-order valence-corrected chi connectivity index (χ4v) is 4.14. The number of aromatic nitrogens is 1. The molecule has 3 aromatic rings. The summed E-state index contributed by atoms with van der Waals surface area (Å²) in [5, 5.41) is 3.47. The fourth-order valence-electron chi connectivity index (χ4n) is 3.60. The molecule has 1 unspecified atom stereocenters. The van der Waals surface area contributed by atoms with Crippen molar-refractivity contribution < 1.29 is 22.8 Å².